The molecule has 1 aromatic carbocycles. The largest absolute Gasteiger partial charge is 0.486 e. The number of fused-ring (bicyclic) bond motifs is 1. The molecule has 1 fully saturated rings. The lowest BCUT2D eigenvalue weighted by molar-refractivity contribution is -0.134. The molecule has 0 saturated heterocycles. The van der Waals surface area contributed by atoms with Crippen molar-refractivity contribution in [2.75, 3.05) is 19.6 Å². The van der Waals surface area contributed by atoms with Crippen molar-refractivity contribution in [2.24, 2.45) is 5.92 Å². The van der Waals surface area contributed by atoms with Gasteiger partial charge in [0.15, 0.2) is 0 Å². The third kappa shape index (κ3) is 7.54. The summed E-state index contributed by atoms with van der Waals surface area (Å²) in [5, 5.41) is 16.5. The lowest BCUT2D eigenvalue weighted by Crippen LogP contribution is -2.50. The normalized spacial score (nSPS) is 22.1. The summed E-state index contributed by atoms with van der Waals surface area (Å²) in [7, 11) is 0. The van der Waals surface area contributed by atoms with Crippen LogP contribution in [-0.2, 0) is 16.0 Å². The Labute approximate surface area is 189 Å². The van der Waals surface area contributed by atoms with Gasteiger partial charge < -0.3 is 19.8 Å². The fraction of sp³-hybridized carbons (Fsp3) is 0.583. The molecular weight excluding hydrogens is 418 g/mol. The fourth-order valence-electron chi connectivity index (χ4n) is 4.65. The van der Waals surface area contributed by atoms with Crippen LogP contribution >= 0.6 is 11.6 Å². The van der Waals surface area contributed by atoms with Crippen molar-refractivity contribution >= 4 is 23.5 Å². The summed E-state index contributed by atoms with van der Waals surface area (Å²) in [6.45, 7) is 8.16. The zero-order chi connectivity index (χ0) is 22.9. The van der Waals surface area contributed by atoms with Crippen LogP contribution in [0.15, 0.2) is 30.4 Å². The van der Waals surface area contributed by atoms with Crippen molar-refractivity contribution in [3.8, 4) is 5.75 Å². The highest BCUT2D eigenvalue weighted by Gasteiger charge is 2.47. The van der Waals surface area contributed by atoms with Gasteiger partial charge in [0.1, 0.15) is 11.4 Å². The molecule has 6 nitrogen and oxygen atoms in total. The number of aliphatic carboxylic acids is 2. The molecule has 0 amide bonds. The first-order valence-electron chi connectivity index (χ1n) is 11.1. The van der Waals surface area contributed by atoms with Crippen LogP contribution in [0.3, 0.4) is 0 Å². The highest BCUT2D eigenvalue weighted by molar-refractivity contribution is 6.30. The van der Waals surface area contributed by atoms with Crippen LogP contribution in [0.2, 0.25) is 5.02 Å². The van der Waals surface area contributed by atoms with Gasteiger partial charge in [-0.05, 0) is 69.0 Å². The molecule has 0 bridgehead atoms. The minimum Gasteiger partial charge on any atom is -0.486 e. The average molecular weight is 452 g/mol. The maximum absolute atomic E-state index is 9.55. The molecule has 2 aliphatic rings. The van der Waals surface area contributed by atoms with E-state index in [2.05, 4.69) is 30.9 Å². The average Bonchev–Trinajstić information content (AvgIpc) is 3.07. The number of ether oxygens (including phenoxy) is 1. The lowest BCUT2D eigenvalue weighted by Gasteiger charge is -2.43. The third-order valence-corrected chi connectivity index (χ3v) is 6.13. The van der Waals surface area contributed by atoms with Gasteiger partial charge in [-0.2, -0.15) is 0 Å². The molecule has 1 saturated carbocycles. The minimum absolute atomic E-state index is 0.0188. The maximum Gasteiger partial charge on any atom is 0.328 e. The Morgan fingerprint density at radius 2 is 1.81 bits per heavy atom. The number of nitrogens with zero attached hydrogens (tertiary/aromatic N) is 1. The van der Waals surface area contributed by atoms with E-state index in [9.17, 15) is 9.59 Å². The molecule has 0 radical (unpaired) electrons. The number of hydrogen-bond acceptors (Lipinski definition) is 4. The Kier molecular flexibility index (Phi) is 9.85. The molecule has 1 aromatic rings. The third-order valence-electron chi connectivity index (χ3n) is 5.90. The minimum atomic E-state index is -1.26. The fourth-order valence-corrected chi connectivity index (χ4v) is 4.85. The van der Waals surface area contributed by atoms with Crippen molar-refractivity contribution in [3.63, 3.8) is 0 Å². The first-order valence-corrected chi connectivity index (χ1v) is 11.5. The van der Waals surface area contributed by atoms with E-state index in [0.717, 1.165) is 17.2 Å². The molecule has 7 heteroatoms. The number of hydrogen-bond donors (Lipinski definition) is 2. The molecule has 0 aromatic heterocycles. The molecule has 1 heterocycles. The Morgan fingerprint density at radius 1 is 1.16 bits per heavy atom. The van der Waals surface area contributed by atoms with Gasteiger partial charge in [-0.1, -0.05) is 31.9 Å². The predicted octanol–water partition coefficient (Wildman–Crippen LogP) is 5.04. The number of benzene rings is 1. The first-order chi connectivity index (χ1) is 14.8. The van der Waals surface area contributed by atoms with Gasteiger partial charge in [-0.25, -0.2) is 9.59 Å². The van der Waals surface area contributed by atoms with E-state index in [0.29, 0.717) is 18.1 Å². The van der Waals surface area contributed by atoms with Gasteiger partial charge >= 0.3 is 11.9 Å². The van der Waals surface area contributed by atoms with E-state index >= 15 is 0 Å². The molecule has 2 N–H and O–H groups in total. The monoisotopic (exact) mass is 451 g/mol. The van der Waals surface area contributed by atoms with Gasteiger partial charge in [0, 0.05) is 36.1 Å². The summed E-state index contributed by atoms with van der Waals surface area (Å²) in [6.07, 6.45) is 9.75. The van der Waals surface area contributed by atoms with Crippen LogP contribution in [0.1, 0.15) is 57.9 Å². The molecule has 1 aliphatic heterocycles. The van der Waals surface area contributed by atoms with Crippen molar-refractivity contribution < 1.29 is 24.5 Å². The predicted molar refractivity (Wildman–Crippen MR) is 122 cm³/mol. The van der Waals surface area contributed by atoms with E-state index in [4.69, 9.17) is 26.6 Å². The summed E-state index contributed by atoms with van der Waals surface area (Å²) in [5.74, 6) is -0.806. The summed E-state index contributed by atoms with van der Waals surface area (Å²) in [5.41, 5.74) is 1.33. The van der Waals surface area contributed by atoms with Crippen molar-refractivity contribution in [1.82, 2.24) is 4.90 Å². The standard InChI is InChI=1S/C20H30ClNO.C4H4O4/c1-3-11-22(12-4-2)15-17-7-5-6-10-20(17)14-16-13-18(21)8-9-19(16)23-20;5-3(6)1-2-4(7)8/h8-9,13,17H,3-7,10-12,14-15H2,1-2H3;1-2H,(H,5,6)(H,7,8)/b;2-1+/t17-,20+;/m1./s1. The Balaban J connectivity index is 0.000000366. The van der Waals surface area contributed by atoms with Crippen LogP contribution < -0.4 is 4.74 Å². The Morgan fingerprint density at radius 3 is 2.39 bits per heavy atom. The number of carbonyl (C=O) groups is 2. The number of rotatable bonds is 8. The van der Waals surface area contributed by atoms with Crippen LogP contribution in [0.5, 0.6) is 5.75 Å². The first kappa shape index (κ1) is 25.2. The van der Waals surface area contributed by atoms with E-state index < -0.39 is 11.9 Å². The van der Waals surface area contributed by atoms with Crippen LogP contribution in [0.25, 0.3) is 0 Å². The highest BCUT2D eigenvalue weighted by Crippen LogP contribution is 2.47. The van der Waals surface area contributed by atoms with Crippen molar-refractivity contribution in [2.45, 2.75) is 64.4 Å². The lowest BCUT2D eigenvalue weighted by atomic mass is 9.73. The van der Waals surface area contributed by atoms with E-state index in [1.165, 1.54) is 63.7 Å². The van der Waals surface area contributed by atoms with E-state index in [1.54, 1.807) is 0 Å². The Bertz CT molecular complexity index is 759. The van der Waals surface area contributed by atoms with Crippen LogP contribution in [-0.4, -0.2) is 52.3 Å². The summed E-state index contributed by atoms with van der Waals surface area (Å²) >= 11 is 6.19. The van der Waals surface area contributed by atoms with Crippen molar-refractivity contribution in [1.29, 1.82) is 0 Å². The SMILES string of the molecule is CCCN(CCC)C[C@H]1CCCC[C@]12Cc1cc(Cl)ccc1O2.O=C(O)/C=C/C(=O)O. The molecule has 1 aliphatic carbocycles. The zero-order valence-corrected chi connectivity index (χ0v) is 19.2. The Hall–Kier alpha value is -2.05. The topological polar surface area (TPSA) is 87.1 Å². The quantitative estimate of drug-likeness (QED) is 0.538. The van der Waals surface area contributed by atoms with Crippen LogP contribution in [0, 0.1) is 5.92 Å². The van der Waals surface area contributed by atoms with E-state index in [-0.39, 0.29) is 5.60 Å². The van der Waals surface area contributed by atoms with Crippen LogP contribution in [0.4, 0.5) is 0 Å². The van der Waals surface area contributed by atoms with Gasteiger partial charge in [-0.3, -0.25) is 0 Å². The molecule has 31 heavy (non-hydrogen) atoms. The van der Waals surface area contributed by atoms with E-state index in [1.807, 2.05) is 6.07 Å². The number of carboxylic acids is 2. The zero-order valence-electron chi connectivity index (χ0n) is 18.5. The van der Waals surface area contributed by atoms with Crippen molar-refractivity contribution in [3.05, 3.63) is 40.9 Å². The van der Waals surface area contributed by atoms with Gasteiger partial charge in [0.05, 0.1) is 0 Å². The smallest absolute Gasteiger partial charge is 0.328 e. The summed E-state index contributed by atoms with van der Waals surface area (Å²) in [6, 6.07) is 6.12. The molecule has 0 unspecified atom stereocenters. The molecule has 1 spiro atoms. The summed E-state index contributed by atoms with van der Waals surface area (Å²) < 4.78 is 6.57. The van der Waals surface area contributed by atoms with Gasteiger partial charge in [0.25, 0.3) is 0 Å². The van der Waals surface area contributed by atoms with Gasteiger partial charge in [0.2, 0.25) is 0 Å². The number of carboxylic acid groups (broad SMARTS) is 2. The molecule has 2 atom stereocenters. The highest BCUT2D eigenvalue weighted by atomic mass is 35.5. The second kappa shape index (κ2) is 12.1. The second-order valence-corrected chi connectivity index (χ2v) is 8.79. The molecular formula is C24H34ClNO5. The maximum atomic E-state index is 9.55. The number of halogens is 1. The molecule has 3 rings (SSSR count). The summed E-state index contributed by atoms with van der Waals surface area (Å²) in [4.78, 5) is 21.8. The molecule has 172 valence electrons. The second-order valence-electron chi connectivity index (χ2n) is 8.35. The van der Waals surface area contributed by atoms with Gasteiger partial charge in [-0.15, -0.1) is 0 Å².